The maximum atomic E-state index is 11.6. The number of nitrogens with one attached hydrogen (secondary N) is 1. The number of rotatable bonds is 3. The summed E-state index contributed by atoms with van der Waals surface area (Å²) in [5.41, 5.74) is 6.18. The molecule has 3 nitrogen and oxygen atoms in total. The van der Waals surface area contributed by atoms with Crippen molar-refractivity contribution >= 4 is 5.91 Å². The minimum atomic E-state index is -0.104. The van der Waals surface area contributed by atoms with Crippen LogP contribution in [-0.4, -0.2) is 19.0 Å². The van der Waals surface area contributed by atoms with Gasteiger partial charge in [0.05, 0.1) is 5.92 Å². The highest BCUT2D eigenvalue weighted by Gasteiger charge is 2.48. The molecule has 1 atom stereocenters. The van der Waals surface area contributed by atoms with Gasteiger partial charge in [-0.25, -0.2) is 0 Å². The molecule has 0 aromatic rings. The quantitative estimate of drug-likeness (QED) is 0.810. The molecule has 1 saturated heterocycles. The molecule has 0 aromatic carbocycles. The highest BCUT2D eigenvalue weighted by molar-refractivity contribution is 5.78. The topological polar surface area (TPSA) is 55.1 Å². The van der Waals surface area contributed by atoms with Crippen molar-refractivity contribution in [1.29, 1.82) is 0 Å². The third-order valence-corrected chi connectivity index (χ3v) is 5.91. The fourth-order valence-corrected chi connectivity index (χ4v) is 4.00. The number of carbonyl (C=O) groups is 1. The zero-order chi connectivity index (χ0) is 13.4. The van der Waals surface area contributed by atoms with Crippen LogP contribution in [0, 0.1) is 22.7 Å². The SMILES string of the molecule is CCC(C)(C)C1CCC2(CC1)CNCC2C(N)=O. The van der Waals surface area contributed by atoms with E-state index in [1.54, 1.807) is 0 Å². The van der Waals surface area contributed by atoms with E-state index in [1.807, 2.05) is 0 Å². The summed E-state index contributed by atoms with van der Waals surface area (Å²) in [5, 5.41) is 3.38. The molecule has 1 aliphatic carbocycles. The van der Waals surface area contributed by atoms with Gasteiger partial charge in [0.2, 0.25) is 5.91 Å². The van der Waals surface area contributed by atoms with Crippen LogP contribution in [0.15, 0.2) is 0 Å². The van der Waals surface area contributed by atoms with Gasteiger partial charge in [-0.15, -0.1) is 0 Å². The molecule has 1 heterocycles. The molecule has 18 heavy (non-hydrogen) atoms. The van der Waals surface area contributed by atoms with Crippen LogP contribution in [0.2, 0.25) is 0 Å². The average Bonchev–Trinajstić information content (AvgIpc) is 2.73. The monoisotopic (exact) mass is 252 g/mol. The summed E-state index contributed by atoms with van der Waals surface area (Å²) in [7, 11) is 0. The van der Waals surface area contributed by atoms with Gasteiger partial charge in [0.25, 0.3) is 0 Å². The first kappa shape index (κ1) is 13.9. The molecule has 3 heteroatoms. The minimum Gasteiger partial charge on any atom is -0.369 e. The summed E-state index contributed by atoms with van der Waals surface area (Å²) in [5.74, 6) is 0.763. The van der Waals surface area contributed by atoms with E-state index in [0.717, 1.165) is 19.0 Å². The van der Waals surface area contributed by atoms with Crippen LogP contribution in [0.4, 0.5) is 0 Å². The van der Waals surface area contributed by atoms with Gasteiger partial charge in [-0.05, 0) is 42.4 Å². The second kappa shape index (κ2) is 4.84. The summed E-state index contributed by atoms with van der Waals surface area (Å²) >= 11 is 0. The second-order valence-electron chi connectivity index (χ2n) is 7.06. The minimum absolute atomic E-state index is 0.0585. The molecule has 0 radical (unpaired) electrons. The van der Waals surface area contributed by atoms with E-state index in [-0.39, 0.29) is 17.2 Å². The summed E-state index contributed by atoms with van der Waals surface area (Å²) in [6, 6.07) is 0. The van der Waals surface area contributed by atoms with Crippen LogP contribution in [0.5, 0.6) is 0 Å². The van der Waals surface area contributed by atoms with Crippen molar-refractivity contribution in [2.75, 3.05) is 13.1 Å². The molecule has 3 N–H and O–H groups in total. The van der Waals surface area contributed by atoms with Gasteiger partial charge in [0.1, 0.15) is 0 Å². The molecule has 0 bridgehead atoms. The molecule has 2 aliphatic rings. The number of carbonyl (C=O) groups excluding carboxylic acids is 1. The number of hydrogen-bond acceptors (Lipinski definition) is 2. The van der Waals surface area contributed by atoms with Gasteiger partial charge in [-0.2, -0.15) is 0 Å². The predicted molar refractivity (Wildman–Crippen MR) is 74.0 cm³/mol. The van der Waals surface area contributed by atoms with E-state index in [2.05, 4.69) is 26.1 Å². The van der Waals surface area contributed by atoms with E-state index in [1.165, 1.54) is 32.1 Å². The van der Waals surface area contributed by atoms with Crippen molar-refractivity contribution < 1.29 is 4.79 Å². The number of amides is 1. The Kier molecular flexibility index (Phi) is 3.72. The first-order valence-corrected chi connectivity index (χ1v) is 7.41. The highest BCUT2D eigenvalue weighted by Crippen LogP contribution is 2.50. The molecule has 1 aliphatic heterocycles. The summed E-state index contributed by atoms with van der Waals surface area (Å²) in [4.78, 5) is 11.6. The lowest BCUT2D eigenvalue weighted by molar-refractivity contribution is -0.125. The van der Waals surface area contributed by atoms with Gasteiger partial charge < -0.3 is 11.1 Å². The summed E-state index contributed by atoms with van der Waals surface area (Å²) in [6.07, 6.45) is 6.09. The average molecular weight is 252 g/mol. The van der Waals surface area contributed by atoms with E-state index < -0.39 is 0 Å². The molecule has 2 rings (SSSR count). The largest absolute Gasteiger partial charge is 0.369 e. The van der Waals surface area contributed by atoms with E-state index in [4.69, 9.17) is 5.73 Å². The summed E-state index contributed by atoms with van der Waals surface area (Å²) in [6.45, 7) is 8.83. The Balaban J connectivity index is 2.03. The van der Waals surface area contributed by atoms with Crippen molar-refractivity contribution in [3.05, 3.63) is 0 Å². The molecule has 2 fully saturated rings. The lowest BCUT2D eigenvalue weighted by Gasteiger charge is -2.45. The first-order chi connectivity index (χ1) is 8.41. The second-order valence-corrected chi connectivity index (χ2v) is 7.06. The van der Waals surface area contributed by atoms with Crippen LogP contribution in [0.25, 0.3) is 0 Å². The zero-order valence-corrected chi connectivity index (χ0v) is 12.1. The van der Waals surface area contributed by atoms with Crippen LogP contribution < -0.4 is 11.1 Å². The Morgan fingerprint density at radius 2 is 2.00 bits per heavy atom. The zero-order valence-electron chi connectivity index (χ0n) is 12.1. The Labute approximate surface area is 111 Å². The van der Waals surface area contributed by atoms with Crippen LogP contribution in [-0.2, 0) is 4.79 Å². The van der Waals surface area contributed by atoms with Gasteiger partial charge in [-0.1, -0.05) is 27.2 Å². The lowest BCUT2D eigenvalue weighted by atomic mass is 9.60. The Morgan fingerprint density at radius 1 is 1.39 bits per heavy atom. The molecular formula is C15H28N2O. The molecule has 1 spiro atoms. The van der Waals surface area contributed by atoms with Crippen molar-refractivity contribution in [2.45, 2.75) is 52.9 Å². The fraction of sp³-hybridized carbons (Fsp3) is 0.933. The van der Waals surface area contributed by atoms with Crippen LogP contribution in [0.3, 0.4) is 0 Å². The van der Waals surface area contributed by atoms with Crippen LogP contribution in [0.1, 0.15) is 52.9 Å². The smallest absolute Gasteiger partial charge is 0.222 e. The molecule has 0 aromatic heterocycles. The lowest BCUT2D eigenvalue weighted by Crippen LogP contribution is -2.43. The van der Waals surface area contributed by atoms with Gasteiger partial charge in [0.15, 0.2) is 0 Å². The van der Waals surface area contributed by atoms with Gasteiger partial charge >= 0.3 is 0 Å². The van der Waals surface area contributed by atoms with E-state index >= 15 is 0 Å². The standard InChI is InChI=1S/C15H28N2O/c1-4-14(2,3)11-5-7-15(8-6-11)10-17-9-12(15)13(16)18/h11-12,17H,4-10H2,1-3H3,(H2,16,18). The maximum Gasteiger partial charge on any atom is 0.222 e. The van der Waals surface area contributed by atoms with Gasteiger partial charge in [-0.3, -0.25) is 4.79 Å². The van der Waals surface area contributed by atoms with Crippen LogP contribution >= 0.6 is 0 Å². The third kappa shape index (κ3) is 2.29. The number of primary amides is 1. The van der Waals surface area contributed by atoms with Crippen molar-refractivity contribution in [3.8, 4) is 0 Å². The first-order valence-electron chi connectivity index (χ1n) is 7.41. The Bertz CT molecular complexity index is 316. The van der Waals surface area contributed by atoms with Gasteiger partial charge in [0, 0.05) is 13.1 Å². The third-order valence-electron chi connectivity index (χ3n) is 5.91. The highest BCUT2D eigenvalue weighted by atomic mass is 16.1. The van der Waals surface area contributed by atoms with E-state index in [0.29, 0.717) is 5.41 Å². The van der Waals surface area contributed by atoms with Crippen molar-refractivity contribution in [2.24, 2.45) is 28.4 Å². The normalized spacial score (nSPS) is 37.1. The Morgan fingerprint density at radius 3 is 2.50 bits per heavy atom. The fourth-order valence-electron chi connectivity index (χ4n) is 4.00. The van der Waals surface area contributed by atoms with Crippen molar-refractivity contribution in [1.82, 2.24) is 5.32 Å². The summed E-state index contributed by atoms with van der Waals surface area (Å²) < 4.78 is 0. The number of hydrogen-bond donors (Lipinski definition) is 2. The molecule has 1 saturated carbocycles. The molecule has 104 valence electrons. The predicted octanol–water partition coefficient (Wildman–Crippen LogP) is 2.30. The molecule has 1 amide bonds. The van der Waals surface area contributed by atoms with Crippen molar-refractivity contribution in [3.63, 3.8) is 0 Å². The Hall–Kier alpha value is -0.570. The van der Waals surface area contributed by atoms with E-state index in [9.17, 15) is 4.79 Å². The molecule has 1 unspecified atom stereocenters. The number of nitrogens with two attached hydrogens (primary N) is 1. The maximum absolute atomic E-state index is 11.6. The molecular weight excluding hydrogens is 224 g/mol.